The maximum atomic E-state index is 13.8. The van der Waals surface area contributed by atoms with Crippen molar-refractivity contribution in [3.8, 4) is 11.5 Å². The molecule has 0 aliphatic heterocycles. The van der Waals surface area contributed by atoms with E-state index in [1.165, 1.54) is 12.1 Å². The van der Waals surface area contributed by atoms with Gasteiger partial charge in [0.05, 0.1) is 0 Å². The minimum Gasteiger partial charge on any atom is -0.508 e. The second-order valence-electron chi connectivity index (χ2n) is 7.40. The number of rotatable bonds is 7. The van der Waals surface area contributed by atoms with E-state index in [9.17, 15) is 53.0 Å². The van der Waals surface area contributed by atoms with E-state index in [1.807, 2.05) is 0 Å². The molecular formula is C19H15F9O4S. The summed E-state index contributed by atoms with van der Waals surface area (Å²) >= 11 is 0. The lowest BCUT2D eigenvalue weighted by molar-refractivity contribution is -0.382. The fourth-order valence-electron chi connectivity index (χ4n) is 2.67. The molecule has 0 spiro atoms. The van der Waals surface area contributed by atoms with Crippen LogP contribution in [0.5, 0.6) is 11.5 Å². The van der Waals surface area contributed by atoms with Crippen molar-refractivity contribution in [3.05, 3.63) is 59.7 Å². The van der Waals surface area contributed by atoms with Gasteiger partial charge in [-0.2, -0.15) is 47.9 Å². The first-order chi connectivity index (χ1) is 14.7. The monoisotopic (exact) mass is 510 g/mol. The number of benzene rings is 2. The summed E-state index contributed by atoms with van der Waals surface area (Å²) in [5, 5.41) is 2.42. The third-order valence-electron chi connectivity index (χ3n) is 4.80. The largest absolute Gasteiger partial charge is 0.508 e. The minimum atomic E-state index is -7.38. The normalized spacial score (nSPS) is 14.3. The Labute approximate surface area is 181 Å². The molecule has 0 atom stereocenters. The number of phenolic OH excluding ortho intramolecular Hbond substituents is 1. The third-order valence-corrected chi connectivity index (χ3v) is 6.10. The molecule has 0 heterocycles. The van der Waals surface area contributed by atoms with E-state index in [4.69, 9.17) is 0 Å². The lowest BCUT2D eigenvalue weighted by Crippen LogP contribution is -2.63. The third kappa shape index (κ3) is 4.44. The van der Waals surface area contributed by atoms with Crippen LogP contribution in [-0.2, 0) is 15.5 Å². The van der Waals surface area contributed by atoms with Crippen LogP contribution in [0.25, 0.3) is 0 Å². The van der Waals surface area contributed by atoms with Gasteiger partial charge in [-0.05, 0) is 35.4 Å². The Morgan fingerprint density at radius 3 is 1.48 bits per heavy atom. The Bertz CT molecular complexity index is 1090. The number of alkyl halides is 9. The van der Waals surface area contributed by atoms with Crippen LogP contribution in [0.2, 0.25) is 0 Å². The van der Waals surface area contributed by atoms with Crippen molar-refractivity contribution in [2.24, 2.45) is 0 Å². The highest BCUT2D eigenvalue weighted by atomic mass is 32.2. The average Bonchev–Trinajstić information content (AvgIpc) is 2.67. The van der Waals surface area contributed by atoms with Crippen molar-refractivity contribution in [1.82, 2.24) is 0 Å². The van der Waals surface area contributed by atoms with E-state index in [-0.39, 0.29) is 5.75 Å². The van der Waals surface area contributed by atoms with Gasteiger partial charge < -0.3 is 9.29 Å². The molecule has 0 fully saturated rings. The zero-order valence-corrected chi connectivity index (χ0v) is 17.4. The van der Waals surface area contributed by atoms with Crippen LogP contribution in [0.1, 0.15) is 25.0 Å². The van der Waals surface area contributed by atoms with Crippen molar-refractivity contribution in [3.63, 3.8) is 0 Å². The molecule has 0 radical (unpaired) electrons. The first kappa shape index (κ1) is 26.6. The molecule has 0 aromatic heterocycles. The van der Waals surface area contributed by atoms with Crippen LogP contribution < -0.4 is 4.18 Å². The molecule has 0 aliphatic carbocycles. The molecule has 0 amide bonds. The summed E-state index contributed by atoms with van der Waals surface area (Å²) in [5.41, 5.74) is 0.248. The van der Waals surface area contributed by atoms with Crippen LogP contribution in [0.4, 0.5) is 39.5 Å². The van der Waals surface area contributed by atoms with Crippen LogP contribution in [0.3, 0.4) is 0 Å². The standard InChI is InChI=1S/C19H15F9O4S/c1-15(2,11-3-7-13(29)8-4-11)12-5-9-14(10-6-12)32-33(30,31)19(27,28)17(22,23)16(20,21)18(24,25)26/h3-10,29H,1-2H3. The van der Waals surface area contributed by atoms with E-state index in [0.29, 0.717) is 11.1 Å². The Hall–Kier alpha value is -2.64. The van der Waals surface area contributed by atoms with Gasteiger partial charge in [-0.3, -0.25) is 0 Å². The van der Waals surface area contributed by atoms with E-state index in [2.05, 4.69) is 4.18 Å². The molecule has 4 nitrogen and oxygen atoms in total. The summed E-state index contributed by atoms with van der Waals surface area (Å²) in [7, 11) is -7.01. The van der Waals surface area contributed by atoms with E-state index in [1.54, 1.807) is 26.0 Å². The summed E-state index contributed by atoms with van der Waals surface area (Å²) in [4.78, 5) is 0. The molecule has 0 aliphatic rings. The topological polar surface area (TPSA) is 63.6 Å². The maximum absolute atomic E-state index is 13.8. The highest BCUT2D eigenvalue weighted by Crippen LogP contribution is 2.55. The molecule has 184 valence electrons. The number of hydrogen-bond donors (Lipinski definition) is 1. The molecule has 2 aromatic rings. The SMILES string of the molecule is CC(C)(c1ccc(O)cc1)c1ccc(OS(=O)(=O)C(F)(F)C(F)(F)C(F)(F)C(F)(F)F)cc1. The van der Waals surface area contributed by atoms with Gasteiger partial charge in [-0.1, -0.05) is 38.1 Å². The van der Waals surface area contributed by atoms with Gasteiger partial charge in [0, 0.05) is 5.41 Å². The second-order valence-corrected chi connectivity index (χ2v) is 8.98. The van der Waals surface area contributed by atoms with Crippen LogP contribution in [-0.4, -0.2) is 36.8 Å². The molecular weight excluding hydrogens is 495 g/mol. The fourth-order valence-corrected chi connectivity index (χ4v) is 3.58. The number of aromatic hydroxyl groups is 1. The van der Waals surface area contributed by atoms with Gasteiger partial charge >= 0.3 is 33.4 Å². The van der Waals surface area contributed by atoms with Gasteiger partial charge in [0.15, 0.2) is 0 Å². The second kappa shape index (κ2) is 7.99. The van der Waals surface area contributed by atoms with Crippen LogP contribution in [0, 0.1) is 0 Å². The Balaban J connectivity index is 2.36. The molecule has 2 rings (SSSR count). The van der Waals surface area contributed by atoms with E-state index in [0.717, 1.165) is 24.3 Å². The quantitative estimate of drug-likeness (QED) is 0.375. The molecule has 0 saturated heterocycles. The predicted octanol–water partition coefficient (Wildman–Crippen LogP) is 5.85. The van der Waals surface area contributed by atoms with Crippen molar-refractivity contribution in [1.29, 1.82) is 0 Å². The van der Waals surface area contributed by atoms with Crippen LogP contribution >= 0.6 is 0 Å². The zero-order valence-electron chi connectivity index (χ0n) is 16.6. The van der Waals surface area contributed by atoms with Gasteiger partial charge in [-0.15, -0.1) is 0 Å². The van der Waals surface area contributed by atoms with Gasteiger partial charge in [0.1, 0.15) is 11.5 Å². The minimum absolute atomic E-state index is 0.0302. The summed E-state index contributed by atoms with van der Waals surface area (Å²) in [5.74, 6) is -15.8. The summed E-state index contributed by atoms with van der Waals surface area (Å²) in [6.07, 6.45) is -7.17. The fraction of sp³-hybridized carbons (Fsp3) is 0.368. The van der Waals surface area contributed by atoms with Crippen molar-refractivity contribution < 1.29 is 57.2 Å². The highest BCUT2D eigenvalue weighted by Gasteiger charge is 2.86. The van der Waals surface area contributed by atoms with Gasteiger partial charge in [-0.25, -0.2) is 0 Å². The predicted molar refractivity (Wildman–Crippen MR) is 97.1 cm³/mol. The van der Waals surface area contributed by atoms with E-state index < -0.39 is 44.6 Å². The number of hydrogen-bond acceptors (Lipinski definition) is 4. The Kier molecular flexibility index (Phi) is 6.44. The van der Waals surface area contributed by atoms with Gasteiger partial charge in [0.25, 0.3) is 0 Å². The first-order valence-corrected chi connectivity index (χ1v) is 10.1. The Morgan fingerprint density at radius 2 is 1.09 bits per heavy atom. The van der Waals surface area contributed by atoms with Crippen LogP contribution in [0.15, 0.2) is 48.5 Å². The first-order valence-electron chi connectivity index (χ1n) is 8.73. The molecule has 33 heavy (non-hydrogen) atoms. The maximum Gasteiger partial charge on any atom is 0.460 e. The zero-order chi connectivity index (χ0) is 25.7. The Morgan fingerprint density at radius 1 is 0.697 bits per heavy atom. The van der Waals surface area contributed by atoms with Crippen molar-refractivity contribution in [2.45, 2.75) is 42.5 Å². The summed E-state index contributed by atoms with van der Waals surface area (Å²) in [6.45, 7) is 3.36. The lowest BCUT2D eigenvalue weighted by atomic mass is 9.78. The van der Waals surface area contributed by atoms with E-state index >= 15 is 0 Å². The summed E-state index contributed by atoms with van der Waals surface area (Å²) < 4.78 is 144. The molecule has 2 aromatic carbocycles. The van der Waals surface area contributed by atoms with Crippen molar-refractivity contribution in [2.75, 3.05) is 0 Å². The van der Waals surface area contributed by atoms with Crippen molar-refractivity contribution >= 4 is 10.1 Å². The average molecular weight is 510 g/mol. The molecule has 0 saturated carbocycles. The number of halogens is 9. The molecule has 0 bridgehead atoms. The van der Waals surface area contributed by atoms with Gasteiger partial charge in [0.2, 0.25) is 0 Å². The highest BCUT2D eigenvalue weighted by molar-refractivity contribution is 7.88. The smallest absolute Gasteiger partial charge is 0.460 e. The lowest BCUT2D eigenvalue weighted by Gasteiger charge is -2.32. The molecule has 1 N–H and O–H groups in total. The summed E-state index contributed by atoms with van der Waals surface area (Å²) in [6, 6.07) is 9.58. The molecule has 14 heteroatoms. The molecule has 0 unspecified atom stereocenters. The number of phenols is 1.